The number of rotatable bonds is 2. The van der Waals surface area contributed by atoms with E-state index in [1.807, 2.05) is 39.0 Å². The van der Waals surface area contributed by atoms with E-state index in [-0.39, 0.29) is 0 Å². The Balaban J connectivity index is 2.95. The molecule has 0 saturated carbocycles. The van der Waals surface area contributed by atoms with Crippen LogP contribution in [0.5, 0.6) is 0 Å². The zero-order valence-electron chi connectivity index (χ0n) is 8.28. The Morgan fingerprint density at radius 1 is 1.54 bits per heavy atom. The lowest BCUT2D eigenvalue weighted by Gasteiger charge is -2.08. The van der Waals surface area contributed by atoms with Crippen molar-refractivity contribution in [2.75, 3.05) is 0 Å². The van der Waals surface area contributed by atoms with Gasteiger partial charge in [0, 0.05) is 17.5 Å². The maximum absolute atomic E-state index is 9.76. The first kappa shape index (κ1) is 9.93. The summed E-state index contributed by atoms with van der Waals surface area (Å²) in [4.78, 5) is 4.12. The summed E-state index contributed by atoms with van der Waals surface area (Å²) >= 11 is 0. The molecule has 0 aliphatic rings. The third kappa shape index (κ3) is 2.67. The predicted molar refractivity (Wildman–Crippen MR) is 53.4 cm³/mol. The van der Waals surface area contributed by atoms with Crippen LogP contribution in [0.25, 0.3) is 0 Å². The van der Waals surface area contributed by atoms with Crippen LogP contribution < -0.4 is 0 Å². The summed E-state index contributed by atoms with van der Waals surface area (Å²) in [5.41, 5.74) is 2.87. The number of nitrogens with zero attached hydrogens (tertiary/aromatic N) is 1. The van der Waals surface area contributed by atoms with E-state index < -0.39 is 6.10 Å². The second kappa shape index (κ2) is 4.19. The third-order valence-corrected chi connectivity index (χ3v) is 1.86. The zero-order valence-corrected chi connectivity index (χ0v) is 8.28. The number of aliphatic hydroxyl groups excluding tert-OH is 1. The number of hydrogen-bond acceptors (Lipinski definition) is 2. The van der Waals surface area contributed by atoms with E-state index in [9.17, 15) is 5.11 Å². The highest BCUT2D eigenvalue weighted by molar-refractivity contribution is 5.25. The fourth-order valence-corrected chi connectivity index (χ4v) is 1.21. The highest BCUT2D eigenvalue weighted by Gasteiger charge is 2.06. The van der Waals surface area contributed by atoms with E-state index in [4.69, 9.17) is 0 Å². The van der Waals surface area contributed by atoms with Crippen molar-refractivity contribution in [2.24, 2.45) is 0 Å². The van der Waals surface area contributed by atoms with Crippen LogP contribution in [0.15, 0.2) is 30.0 Å². The van der Waals surface area contributed by atoms with E-state index in [0.717, 1.165) is 16.8 Å². The molecule has 70 valence electrons. The molecule has 1 aromatic heterocycles. The Hall–Kier alpha value is -1.15. The summed E-state index contributed by atoms with van der Waals surface area (Å²) in [6, 6.07) is 3.73. The van der Waals surface area contributed by atoms with Crippen molar-refractivity contribution in [3.63, 3.8) is 0 Å². The topological polar surface area (TPSA) is 33.1 Å². The van der Waals surface area contributed by atoms with Gasteiger partial charge in [-0.1, -0.05) is 17.7 Å². The largest absolute Gasteiger partial charge is 0.384 e. The van der Waals surface area contributed by atoms with Crippen LogP contribution in [0, 0.1) is 6.92 Å². The van der Waals surface area contributed by atoms with E-state index in [1.165, 1.54) is 0 Å². The minimum absolute atomic E-state index is 0.529. The summed E-state index contributed by atoms with van der Waals surface area (Å²) < 4.78 is 0. The van der Waals surface area contributed by atoms with Gasteiger partial charge in [0.25, 0.3) is 0 Å². The van der Waals surface area contributed by atoms with E-state index in [2.05, 4.69) is 4.98 Å². The van der Waals surface area contributed by atoms with Crippen molar-refractivity contribution in [2.45, 2.75) is 26.9 Å². The summed E-state index contributed by atoms with van der Waals surface area (Å²) in [6.07, 6.45) is 3.02. The molecule has 2 nitrogen and oxygen atoms in total. The third-order valence-electron chi connectivity index (χ3n) is 1.86. The molecule has 0 amide bonds. The van der Waals surface area contributed by atoms with Gasteiger partial charge in [-0.25, -0.2) is 0 Å². The second-order valence-electron chi connectivity index (χ2n) is 3.37. The Labute approximate surface area is 78.9 Å². The van der Waals surface area contributed by atoms with Gasteiger partial charge < -0.3 is 5.11 Å². The average molecular weight is 177 g/mol. The summed E-state index contributed by atoms with van der Waals surface area (Å²) in [6.45, 7) is 5.83. The van der Waals surface area contributed by atoms with Crippen molar-refractivity contribution in [1.82, 2.24) is 4.98 Å². The summed E-state index contributed by atoms with van der Waals surface area (Å²) in [5.74, 6) is 0. The van der Waals surface area contributed by atoms with Crippen LogP contribution in [0.1, 0.15) is 31.2 Å². The maximum atomic E-state index is 9.76. The Morgan fingerprint density at radius 2 is 2.23 bits per heavy atom. The predicted octanol–water partition coefficient (Wildman–Crippen LogP) is 2.39. The van der Waals surface area contributed by atoms with Crippen LogP contribution in [0.4, 0.5) is 0 Å². The molecule has 1 atom stereocenters. The van der Waals surface area contributed by atoms with Gasteiger partial charge in [-0.3, -0.25) is 4.98 Å². The van der Waals surface area contributed by atoms with Crippen LogP contribution in [-0.2, 0) is 0 Å². The second-order valence-corrected chi connectivity index (χ2v) is 3.37. The fraction of sp³-hybridized carbons (Fsp3) is 0.364. The molecule has 0 spiro atoms. The summed E-state index contributed by atoms with van der Waals surface area (Å²) in [7, 11) is 0. The lowest BCUT2D eigenvalue weighted by molar-refractivity contribution is 0.226. The maximum Gasteiger partial charge on any atom is 0.0991 e. The monoisotopic (exact) mass is 177 g/mol. The van der Waals surface area contributed by atoms with E-state index >= 15 is 0 Å². The van der Waals surface area contributed by atoms with Crippen LogP contribution in [-0.4, -0.2) is 10.1 Å². The standard InChI is InChI=1S/C11H15NO/c1-8(2)7-11(13)10-5-4-6-12-9(10)3/h4-7,11,13H,1-3H3. The Morgan fingerprint density at radius 3 is 2.77 bits per heavy atom. The van der Waals surface area contributed by atoms with Crippen molar-refractivity contribution in [1.29, 1.82) is 0 Å². The molecule has 1 aromatic rings. The molecule has 0 radical (unpaired) electrons. The lowest BCUT2D eigenvalue weighted by Crippen LogP contribution is -1.98. The first-order valence-corrected chi connectivity index (χ1v) is 4.36. The fourth-order valence-electron chi connectivity index (χ4n) is 1.21. The molecular formula is C11H15NO. The van der Waals surface area contributed by atoms with Gasteiger partial charge in [-0.2, -0.15) is 0 Å². The Bertz CT molecular complexity index is 314. The van der Waals surface area contributed by atoms with Gasteiger partial charge in [0.1, 0.15) is 0 Å². The van der Waals surface area contributed by atoms with E-state index in [1.54, 1.807) is 6.20 Å². The molecule has 0 aliphatic heterocycles. The first-order chi connectivity index (χ1) is 6.11. The molecule has 0 aromatic carbocycles. The van der Waals surface area contributed by atoms with Crippen LogP contribution in [0.2, 0.25) is 0 Å². The molecule has 1 rings (SSSR count). The number of aromatic nitrogens is 1. The van der Waals surface area contributed by atoms with Gasteiger partial charge in [0.05, 0.1) is 6.10 Å². The molecule has 0 bridgehead atoms. The van der Waals surface area contributed by atoms with Gasteiger partial charge in [0.15, 0.2) is 0 Å². The van der Waals surface area contributed by atoms with Crippen LogP contribution >= 0.6 is 0 Å². The first-order valence-electron chi connectivity index (χ1n) is 4.36. The molecule has 0 fully saturated rings. The number of hydrogen-bond donors (Lipinski definition) is 1. The number of aryl methyl sites for hydroxylation is 1. The quantitative estimate of drug-likeness (QED) is 0.703. The molecule has 0 aliphatic carbocycles. The Kier molecular flexibility index (Phi) is 3.20. The molecule has 0 saturated heterocycles. The normalized spacial score (nSPS) is 12.3. The minimum atomic E-state index is -0.529. The molecular weight excluding hydrogens is 162 g/mol. The summed E-state index contributed by atoms with van der Waals surface area (Å²) in [5, 5.41) is 9.76. The average Bonchev–Trinajstić information content (AvgIpc) is 2.03. The van der Waals surface area contributed by atoms with Gasteiger partial charge in [0.2, 0.25) is 0 Å². The van der Waals surface area contributed by atoms with Crippen molar-refractivity contribution >= 4 is 0 Å². The number of aliphatic hydroxyl groups is 1. The number of allylic oxidation sites excluding steroid dienone is 1. The van der Waals surface area contributed by atoms with E-state index in [0.29, 0.717) is 0 Å². The highest BCUT2D eigenvalue weighted by Crippen LogP contribution is 2.17. The molecule has 1 N–H and O–H groups in total. The van der Waals surface area contributed by atoms with Crippen molar-refractivity contribution in [3.05, 3.63) is 41.2 Å². The molecule has 1 unspecified atom stereocenters. The van der Waals surface area contributed by atoms with Crippen molar-refractivity contribution in [3.8, 4) is 0 Å². The SMILES string of the molecule is CC(C)=CC(O)c1cccnc1C. The van der Waals surface area contributed by atoms with Crippen molar-refractivity contribution < 1.29 is 5.11 Å². The van der Waals surface area contributed by atoms with Gasteiger partial charge in [-0.15, -0.1) is 0 Å². The molecule has 1 heterocycles. The zero-order chi connectivity index (χ0) is 9.84. The molecule has 2 heteroatoms. The minimum Gasteiger partial charge on any atom is -0.384 e. The smallest absolute Gasteiger partial charge is 0.0991 e. The van der Waals surface area contributed by atoms with Gasteiger partial charge >= 0.3 is 0 Å². The lowest BCUT2D eigenvalue weighted by atomic mass is 10.1. The number of pyridine rings is 1. The molecule has 13 heavy (non-hydrogen) atoms. The highest BCUT2D eigenvalue weighted by atomic mass is 16.3. The van der Waals surface area contributed by atoms with Crippen LogP contribution in [0.3, 0.4) is 0 Å². The van der Waals surface area contributed by atoms with Gasteiger partial charge in [-0.05, 0) is 26.8 Å².